The van der Waals surface area contributed by atoms with Crippen molar-refractivity contribution in [3.8, 4) is 5.75 Å². The van der Waals surface area contributed by atoms with Crippen molar-refractivity contribution in [1.29, 1.82) is 0 Å². The highest BCUT2D eigenvalue weighted by Gasteiger charge is 2.25. The average molecular weight is 263 g/mol. The summed E-state index contributed by atoms with van der Waals surface area (Å²) < 4.78 is 5.17. The highest BCUT2D eigenvalue weighted by atomic mass is 16.5. The number of hydrogen-bond donors (Lipinski definition) is 1. The van der Waals surface area contributed by atoms with Gasteiger partial charge in [-0.05, 0) is 42.9 Å². The molecule has 106 valence electrons. The molecule has 0 aromatic heterocycles. The molecule has 19 heavy (non-hydrogen) atoms. The molecule has 2 rings (SSSR count). The lowest BCUT2D eigenvalue weighted by atomic mass is 9.92. The molecule has 0 aliphatic carbocycles. The first-order valence-electron chi connectivity index (χ1n) is 7.26. The van der Waals surface area contributed by atoms with Gasteiger partial charge in [-0.1, -0.05) is 19.1 Å². The standard InChI is InChI=1S/C16H25NO2/c1-3-14-12-17(11-9-16(14)18)10-8-13-4-6-15(19-2)7-5-13/h4-7,14,16,18H,3,8-12H2,1-2H3. The van der Waals surface area contributed by atoms with Crippen LogP contribution in [0.3, 0.4) is 0 Å². The van der Waals surface area contributed by atoms with Crippen LogP contribution in [-0.4, -0.2) is 42.9 Å². The summed E-state index contributed by atoms with van der Waals surface area (Å²) >= 11 is 0. The van der Waals surface area contributed by atoms with E-state index < -0.39 is 0 Å². The van der Waals surface area contributed by atoms with Gasteiger partial charge in [-0.3, -0.25) is 0 Å². The van der Waals surface area contributed by atoms with Crippen molar-refractivity contribution in [3.05, 3.63) is 29.8 Å². The second kappa shape index (κ2) is 6.92. The van der Waals surface area contributed by atoms with E-state index in [1.807, 2.05) is 12.1 Å². The predicted octanol–water partition coefficient (Wildman–Crippen LogP) is 2.33. The van der Waals surface area contributed by atoms with Crippen molar-refractivity contribution in [2.75, 3.05) is 26.7 Å². The Kier molecular flexibility index (Phi) is 5.23. The number of aliphatic hydroxyl groups excluding tert-OH is 1. The lowest BCUT2D eigenvalue weighted by molar-refractivity contribution is 0.0256. The number of ether oxygens (including phenoxy) is 1. The van der Waals surface area contributed by atoms with Gasteiger partial charge in [0, 0.05) is 19.6 Å². The first-order chi connectivity index (χ1) is 9.22. The van der Waals surface area contributed by atoms with Gasteiger partial charge in [0.25, 0.3) is 0 Å². The number of hydrogen-bond acceptors (Lipinski definition) is 3. The first kappa shape index (κ1) is 14.4. The van der Waals surface area contributed by atoms with Gasteiger partial charge in [0.15, 0.2) is 0 Å². The van der Waals surface area contributed by atoms with E-state index in [-0.39, 0.29) is 6.10 Å². The molecular formula is C16H25NO2. The molecule has 3 heteroatoms. The Labute approximate surface area is 116 Å². The van der Waals surface area contributed by atoms with Gasteiger partial charge in [-0.2, -0.15) is 0 Å². The van der Waals surface area contributed by atoms with Gasteiger partial charge in [0.1, 0.15) is 5.75 Å². The van der Waals surface area contributed by atoms with E-state index in [0.29, 0.717) is 5.92 Å². The summed E-state index contributed by atoms with van der Waals surface area (Å²) in [6, 6.07) is 8.30. The lowest BCUT2D eigenvalue weighted by Gasteiger charge is -2.35. The van der Waals surface area contributed by atoms with Gasteiger partial charge in [0.2, 0.25) is 0 Å². The number of benzene rings is 1. The van der Waals surface area contributed by atoms with Crippen LogP contribution in [-0.2, 0) is 6.42 Å². The van der Waals surface area contributed by atoms with Gasteiger partial charge in [-0.25, -0.2) is 0 Å². The largest absolute Gasteiger partial charge is 0.497 e. The molecule has 0 saturated carbocycles. The molecule has 1 aromatic carbocycles. The van der Waals surface area contributed by atoms with Crippen molar-refractivity contribution in [3.63, 3.8) is 0 Å². The second-order valence-corrected chi connectivity index (χ2v) is 5.42. The molecule has 2 atom stereocenters. The molecule has 1 heterocycles. The van der Waals surface area contributed by atoms with E-state index in [9.17, 15) is 5.11 Å². The van der Waals surface area contributed by atoms with Crippen molar-refractivity contribution < 1.29 is 9.84 Å². The van der Waals surface area contributed by atoms with E-state index in [2.05, 4.69) is 24.0 Å². The quantitative estimate of drug-likeness (QED) is 0.885. The summed E-state index contributed by atoms with van der Waals surface area (Å²) in [5.74, 6) is 1.36. The zero-order valence-corrected chi connectivity index (χ0v) is 12.0. The van der Waals surface area contributed by atoms with Crippen molar-refractivity contribution in [1.82, 2.24) is 4.90 Å². The fraction of sp³-hybridized carbons (Fsp3) is 0.625. The van der Waals surface area contributed by atoms with E-state index >= 15 is 0 Å². The van der Waals surface area contributed by atoms with E-state index in [0.717, 1.165) is 44.6 Å². The Morgan fingerprint density at radius 1 is 1.32 bits per heavy atom. The predicted molar refractivity (Wildman–Crippen MR) is 77.5 cm³/mol. The van der Waals surface area contributed by atoms with Crippen LogP contribution in [0.5, 0.6) is 5.75 Å². The number of nitrogens with zero attached hydrogens (tertiary/aromatic N) is 1. The van der Waals surface area contributed by atoms with Gasteiger partial charge in [-0.15, -0.1) is 0 Å². The van der Waals surface area contributed by atoms with Crippen LogP contribution in [0.15, 0.2) is 24.3 Å². The fourth-order valence-corrected chi connectivity index (χ4v) is 2.78. The van der Waals surface area contributed by atoms with Crippen LogP contribution in [0.4, 0.5) is 0 Å². The summed E-state index contributed by atoms with van der Waals surface area (Å²) in [5, 5.41) is 9.89. The minimum atomic E-state index is -0.0952. The normalized spacial score (nSPS) is 24.4. The van der Waals surface area contributed by atoms with E-state index in [1.165, 1.54) is 5.56 Å². The number of likely N-dealkylation sites (tertiary alicyclic amines) is 1. The first-order valence-corrected chi connectivity index (χ1v) is 7.26. The average Bonchev–Trinajstić information content (AvgIpc) is 2.47. The van der Waals surface area contributed by atoms with Crippen LogP contribution in [0, 0.1) is 5.92 Å². The molecule has 0 spiro atoms. The fourth-order valence-electron chi connectivity index (χ4n) is 2.78. The zero-order chi connectivity index (χ0) is 13.7. The van der Waals surface area contributed by atoms with E-state index in [4.69, 9.17) is 4.74 Å². The molecule has 1 aromatic rings. The van der Waals surface area contributed by atoms with Gasteiger partial charge in [0.05, 0.1) is 13.2 Å². The second-order valence-electron chi connectivity index (χ2n) is 5.42. The van der Waals surface area contributed by atoms with Crippen molar-refractivity contribution in [2.24, 2.45) is 5.92 Å². The maximum Gasteiger partial charge on any atom is 0.118 e. The molecule has 0 radical (unpaired) electrons. The molecule has 2 unspecified atom stereocenters. The SMILES string of the molecule is CCC1CN(CCc2ccc(OC)cc2)CCC1O. The van der Waals surface area contributed by atoms with Crippen molar-refractivity contribution >= 4 is 0 Å². The summed E-state index contributed by atoms with van der Waals surface area (Å²) in [7, 11) is 1.69. The van der Waals surface area contributed by atoms with Crippen LogP contribution >= 0.6 is 0 Å². The summed E-state index contributed by atoms with van der Waals surface area (Å²) in [6.45, 7) is 5.30. The lowest BCUT2D eigenvalue weighted by Crippen LogP contribution is -2.43. The molecule has 3 nitrogen and oxygen atoms in total. The van der Waals surface area contributed by atoms with Crippen molar-refractivity contribution in [2.45, 2.75) is 32.3 Å². The Bertz CT molecular complexity index is 377. The summed E-state index contributed by atoms with van der Waals surface area (Å²) in [5.41, 5.74) is 1.35. The molecule has 1 aliphatic rings. The van der Waals surface area contributed by atoms with Crippen LogP contribution < -0.4 is 4.74 Å². The maximum atomic E-state index is 9.89. The highest BCUT2D eigenvalue weighted by Crippen LogP contribution is 2.20. The maximum absolute atomic E-state index is 9.89. The number of aliphatic hydroxyl groups is 1. The Balaban J connectivity index is 1.81. The Hall–Kier alpha value is -1.06. The Morgan fingerprint density at radius 3 is 2.68 bits per heavy atom. The topological polar surface area (TPSA) is 32.7 Å². The van der Waals surface area contributed by atoms with E-state index in [1.54, 1.807) is 7.11 Å². The summed E-state index contributed by atoms with van der Waals surface area (Å²) in [6.07, 6.45) is 2.96. The Morgan fingerprint density at radius 2 is 2.05 bits per heavy atom. The molecular weight excluding hydrogens is 238 g/mol. The minimum absolute atomic E-state index is 0.0952. The third-order valence-corrected chi connectivity index (χ3v) is 4.18. The zero-order valence-electron chi connectivity index (χ0n) is 12.0. The molecule has 1 fully saturated rings. The number of piperidine rings is 1. The molecule has 1 N–H and O–H groups in total. The highest BCUT2D eigenvalue weighted by molar-refractivity contribution is 5.27. The van der Waals surface area contributed by atoms with Crippen LogP contribution in [0.1, 0.15) is 25.3 Å². The van der Waals surface area contributed by atoms with Crippen LogP contribution in [0.2, 0.25) is 0 Å². The van der Waals surface area contributed by atoms with Crippen LogP contribution in [0.25, 0.3) is 0 Å². The summed E-state index contributed by atoms with van der Waals surface area (Å²) in [4.78, 5) is 2.48. The molecule has 0 amide bonds. The minimum Gasteiger partial charge on any atom is -0.497 e. The number of rotatable bonds is 5. The third-order valence-electron chi connectivity index (χ3n) is 4.18. The van der Waals surface area contributed by atoms with Gasteiger partial charge < -0.3 is 14.7 Å². The molecule has 1 aliphatic heterocycles. The molecule has 1 saturated heterocycles. The smallest absolute Gasteiger partial charge is 0.118 e. The monoisotopic (exact) mass is 263 g/mol. The third kappa shape index (κ3) is 3.95. The number of methoxy groups -OCH3 is 1. The molecule has 0 bridgehead atoms. The van der Waals surface area contributed by atoms with Gasteiger partial charge >= 0.3 is 0 Å².